The molecule has 1 atom stereocenters. The van der Waals surface area contributed by atoms with Gasteiger partial charge in [-0.1, -0.05) is 19.4 Å². The number of anilines is 1. The maximum absolute atomic E-state index is 12.1. The Balaban J connectivity index is 2.87. The fourth-order valence-corrected chi connectivity index (χ4v) is 2.86. The Bertz CT molecular complexity index is 638. The zero-order valence-electron chi connectivity index (χ0n) is 13.5. The number of benzene rings is 1. The van der Waals surface area contributed by atoms with Gasteiger partial charge in [0.05, 0.1) is 10.5 Å². The van der Waals surface area contributed by atoms with E-state index in [1.54, 1.807) is 0 Å². The number of carbonyl (C=O) groups excluding carboxylic acids is 1. The van der Waals surface area contributed by atoms with Crippen LogP contribution in [0.5, 0.6) is 0 Å². The van der Waals surface area contributed by atoms with Gasteiger partial charge < -0.3 is 15.5 Å². The lowest BCUT2D eigenvalue weighted by Crippen LogP contribution is -2.44. The molecule has 0 aromatic heterocycles. The lowest BCUT2D eigenvalue weighted by molar-refractivity contribution is -0.136. The van der Waals surface area contributed by atoms with E-state index < -0.39 is 27.6 Å². The molecule has 1 aromatic carbocycles. The summed E-state index contributed by atoms with van der Waals surface area (Å²) in [5.41, 5.74) is -1.38. The molecule has 0 fully saturated rings. The molecule has 1 rings (SSSR count). The Labute approximate surface area is 136 Å². The molecule has 0 saturated heterocycles. The van der Waals surface area contributed by atoms with Crippen molar-refractivity contribution in [1.82, 2.24) is 4.72 Å². The van der Waals surface area contributed by atoms with Crippen molar-refractivity contribution >= 4 is 21.6 Å². The van der Waals surface area contributed by atoms with Crippen molar-refractivity contribution in [2.45, 2.75) is 50.2 Å². The van der Waals surface area contributed by atoms with Crippen LogP contribution in [0.15, 0.2) is 29.2 Å². The van der Waals surface area contributed by atoms with Crippen LogP contribution < -0.4 is 10.0 Å². The van der Waals surface area contributed by atoms with E-state index in [4.69, 9.17) is 0 Å². The normalized spacial score (nSPS) is 13.6. The van der Waals surface area contributed by atoms with E-state index in [9.17, 15) is 23.4 Å². The van der Waals surface area contributed by atoms with Gasteiger partial charge in [-0.2, -0.15) is 0 Å². The number of unbranched alkanes of at least 4 members (excludes halogenated alkanes) is 1. The first kappa shape index (κ1) is 19.6. The number of aliphatic hydroxyl groups excluding tert-OH is 1. The van der Waals surface area contributed by atoms with Crippen LogP contribution in [0.25, 0.3) is 0 Å². The third-order valence-corrected chi connectivity index (χ3v) is 4.61. The van der Waals surface area contributed by atoms with E-state index in [0.29, 0.717) is 6.54 Å². The molecule has 1 amide bonds. The molecule has 0 radical (unpaired) electrons. The van der Waals surface area contributed by atoms with Crippen LogP contribution >= 0.6 is 0 Å². The molecular weight excluding hydrogens is 320 g/mol. The highest BCUT2D eigenvalue weighted by Gasteiger charge is 2.31. The quantitative estimate of drug-likeness (QED) is 0.522. The molecule has 0 aliphatic heterocycles. The summed E-state index contributed by atoms with van der Waals surface area (Å²) in [5, 5.41) is 21.7. The van der Waals surface area contributed by atoms with Crippen molar-refractivity contribution in [3.63, 3.8) is 0 Å². The molecule has 130 valence electrons. The maximum Gasteiger partial charge on any atom is 0.256 e. The Morgan fingerprint density at radius 2 is 2.00 bits per heavy atom. The van der Waals surface area contributed by atoms with Gasteiger partial charge in [0.1, 0.15) is 0 Å². The van der Waals surface area contributed by atoms with E-state index in [0.717, 1.165) is 12.8 Å². The fourth-order valence-electron chi connectivity index (χ4n) is 1.74. The number of amides is 1. The van der Waals surface area contributed by atoms with Crippen LogP contribution in [0.3, 0.4) is 0 Å². The molecule has 8 heteroatoms. The summed E-state index contributed by atoms with van der Waals surface area (Å²) < 4.78 is 26.7. The average molecular weight is 344 g/mol. The molecule has 0 bridgehead atoms. The Morgan fingerprint density at radius 3 is 2.57 bits per heavy atom. The third-order valence-electron chi connectivity index (χ3n) is 3.15. The highest BCUT2D eigenvalue weighted by molar-refractivity contribution is 7.89. The van der Waals surface area contributed by atoms with Gasteiger partial charge >= 0.3 is 0 Å². The smallest absolute Gasteiger partial charge is 0.256 e. The van der Waals surface area contributed by atoms with E-state index in [1.165, 1.54) is 38.1 Å². The molecule has 23 heavy (non-hydrogen) atoms. The number of sulfonamides is 1. The zero-order valence-corrected chi connectivity index (χ0v) is 14.4. The van der Waals surface area contributed by atoms with Crippen molar-refractivity contribution in [2.24, 2.45) is 0 Å². The van der Waals surface area contributed by atoms with Gasteiger partial charge in [0.2, 0.25) is 10.0 Å². The maximum atomic E-state index is 12.1. The summed E-state index contributed by atoms with van der Waals surface area (Å²) in [6.45, 7) is 4.90. The van der Waals surface area contributed by atoms with Crippen LogP contribution in [-0.2, 0) is 14.8 Å². The van der Waals surface area contributed by atoms with Gasteiger partial charge in [0.15, 0.2) is 6.10 Å². The number of hydrogen-bond donors (Lipinski definition) is 4. The summed E-state index contributed by atoms with van der Waals surface area (Å²) in [5.74, 6) is -0.814. The van der Waals surface area contributed by atoms with Crippen LogP contribution in [0, 0.1) is 0 Å². The molecule has 0 aliphatic rings. The molecular formula is C15H24N2O5S. The van der Waals surface area contributed by atoms with Crippen molar-refractivity contribution < 1.29 is 23.4 Å². The summed E-state index contributed by atoms with van der Waals surface area (Å²) in [6.07, 6.45) is -0.0358. The largest absolute Gasteiger partial charge is 0.387 e. The van der Waals surface area contributed by atoms with E-state index in [1.807, 2.05) is 6.92 Å². The number of carbonyl (C=O) groups is 1. The van der Waals surface area contributed by atoms with Gasteiger partial charge in [-0.3, -0.25) is 4.79 Å². The topological polar surface area (TPSA) is 116 Å². The summed E-state index contributed by atoms with van der Waals surface area (Å²) in [6, 6.07) is 5.69. The first-order valence-corrected chi connectivity index (χ1v) is 8.87. The van der Waals surface area contributed by atoms with Crippen molar-refractivity contribution in [3.8, 4) is 0 Å². The van der Waals surface area contributed by atoms with Crippen molar-refractivity contribution in [1.29, 1.82) is 0 Å². The molecule has 7 nitrogen and oxygen atoms in total. The average Bonchev–Trinajstić information content (AvgIpc) is 2.46. The highest BCUT2D eigenvalue weighted by atomic mass is 32.2. The standard InChI is InChI=1S/C15H24N2O5S/c1-4-5-9-16-23(21,22)12-8-6-7-11(10-12)17-14(19)13(18)15(2,3)20/h6-8,10,13,16,18,20H,4-5,9H2,1-3H3,(H,17,19). The zero-order chi connectivity index (χ0) is 17.7. The van der Waals surface area contributed by atoms with Crippen molar-refractivity contribution in [2.75, 3.05) is 11.9 Å². The molecule has 1 aromatic rings. The number of rotatable bonds is 8. The van der Waals surface area contributed by atoms with Gasteiger partial charge in [-0.15, -0.1) is 0 Å². The first-order chi connectivity index (χ1) is 10.6. The van der Waals surface area contributed by atoms with Gasteiger partial charge in [-0.25, -0.2) is 13.1 Å². The monoisotopic (exact) mass is 344 g/mol. The number of nitrogens with one attached hydrogen (secondary N) is 2. The molecule has 0 spiro atoms. The lowest BCUT2D eigenvalue weighted by Gasteiger charge is -2.23. The van der Waals surface area contributed by atoms with E-state index >= 15 is 0 Å². The summed E-state index contributed by atoms with van der Waals surface area (Å²) in [7, 11) is -3.65. The number of aliphatic hydroxyl groups is 2. The SMILES string of the molecule is CCCCNS(=O)(=O)c1cccc(NC(=O)C(O)C(C)(C)O)c1. The predicted octanol–water partition coefficient (Wildman–Crippen LogP) is 0.835. The molecule has 0 saturated carbocycles. The van der Waals surface area contributed by atoms with Gasteiger partial charge in [0, 0.05) is 12.2 Å². The van der Waals surface area contributed by atoms with Crippen molar-refractivity contribution in [3.05, 3.63) is 24.3 Å². The minimum Gasteiger partial charge on any atom is -0.387 e. The fraction of sp³-hybridized carbons (Fsp3) is 0.533. The van der Waals surface area contributed by atoms with Crippen LogP contribution in [0.1, 0.15) is 33.6 Å². The minimum absolute atomic E-state index is 0.0177. The second-order valence-electron chi connectivity index (χ2n) is 5.82. The van der Waals surface area contributed by atoms with Crippen LogP contribution in [0.2, 0.25) is 0 Å². The molecule has 0 aliphatic carbocycles. The van der Waals surface area contributed by atoms with Gasteiger partial charge in [-0.05, 0) is 38.5 Å². The minimum atomic E-state index is -3.65. The summed E-state index contributed by atoms with van der Waals surface area (Å²) >= 11 is 0. The third kappa shape index (κ3) is 5.91. The predicted molar refractivity (Wildman–Crippen MR) is 87.5 cm³/mol. The van der Waals surface area contributed by atoms with E-state index in [2.05, 4.69) is 10.0 Å². The van der Waals surface area contributed by atoms with Crippen LogP contribution in [-0.4, -0.2) is 42.8 Å². The molecule has 1 unspecified atom stereocenters. The second-order valence-corrected chi connectivity index (χ2v) is 7.59. The Morgan fingerprint density at radius 1 is 1.35 bits per heavy atom. The second kappa shape index (κ2) is 7.87. The first-order valence-electron chi connectivity index (χ1n) is 7.39. The van der Waals surface area contributed by atoms with Crippen LogP contribution in [0.4, 0.5) is 5.69 Å². The van der Waals surface area contributed by atoms with E-state index in [-0.39, 0.29) is 10.6 Å². The molecule has 0 heterocycles. The Kier molecular flexibility index (Phi) is 6.69. The lowest BCUT2D eigenvalue weighted by atomic mass is 10.0. The Hall–Kier alpha value is -1.48. The number of hydrogen-bond acceptors (Lipinski definition) is 5. The highest BCUT2D eigenvalue weighted by Crippen LogP contribution is 2.17. The summed E-state index contributed by atoms with van der Waals surface area (Å²) in [4.78, 5) is 11.9. The molecule has 4 N–H and O–H groups in total. The van der Waals surface area contributed by atoms with Gasteiger partial charge in [0.25, 0.3) is 5.91 Å².